The third kappa shape index (κ3) is 12.8. The lowest BCUT2D eigenvalue weighted by molar-refractivity contribution is -0.302. The van der Waals surface area contributed by atoms with Crippen molar-refractivity contribution in [3.8, 4) is 0 Å². The van der Waals surface area contributed by atoms with Gasteiger partial charge in [0.25, 0.3) is 0 Å². The number of ether oxygens (including phenoxy) is 2. The second kappa shape index (κ2) is 19.4. The summed E-state index contributed by atoms with van der Waals surface area (Å²) in [6, 6.07) is -0.693. The Hall–Kier alpha value is -0.810. The molecule has 1 rings (SSSR count). The highest BCUT2D eigenvalue weighted by Crippen LogP contribution is 2.22. The minimum absolute atomic E-state index is 0.149. The molecule has 0 aliphatic carbocycles. The Labute approximate surface area is 204 Å². The number of aliphatic hydroxyl groups is 5. The van der Waals surface area contributed by atoms with Crippen LogP contribution in [0.2, 0.25) is 0 Å². The third-order valence-electron chi connectivity index (χ3n) is 6.40. The number of rotatable bonds is 20. The lowest BCUT2D eigenvalue weighted by atomic mass is 9.99. The Balaban J connectivity index is 2.08. The molecule has 6 atom stereocenters. The fraction of sp³-hybridized carbons (Fsp3) is 0.960. The highest BCUT2D eigenvalue weighted by atomic mass is 16.7. The van der Waals surface area contributed by atoms with Gasteiger partial charge in [0, 0.05) is 6.42 Å². The van der Waals surface area contributed by atoms with Gasteiger partial charge in [-0.3, -0.25) is 4.79 Å². The van der Waals surface area contributed by atoms with Crippen LogP contribution in [0, 0.1) is 0 Å². The van der Waals surface area contributed by atoms with Crippen molar-refractivity contribution >= 4 is 5.91 Å². The van der Waals surface area contributed by atoms with Gasteiger partial charge in [-0.15, -0.1) is 0 Å². The van der Waals surface area contributed by atoms with Gasteiger partial charge in [0.1, 0.15) is 24.4 Å². The summed E-state index contributed by atoms with van der Waals surface area (Å²) in [5.74, 6) is -0.181. The number of aliphatic hydroxyl groups excluding tert-OH is 5. The van der Waals surface area contributed by atoms with Crippen LogP contribution in [0.5, 0.6) is 0 Å². The van der Waals surface area contributed by atoms with Crippen LogP contribution in [0.25, 0.3) is 0 Å². The van der Waals surface area contributed by atoms with Crippen LogP contribution >= 0.6 is 0 Å². The van der Waals surface area contributed by atoms with Gasteiger partial charge in [0.05, 0.1) is 25.9 Å². The normalized spacial score (nSPS) is 25.9. The van der Waals surface area contributed by atoms with E-state index in [0.29, 0.717) is 6.42 Å². The predicted octanol–water partition coefficient (Wildman–Crippen LogP) is 1.76. The summed E-state index contributed by atoms with van der Waals surface area (Å²) in [6.07, 6.45) is 9.55. The first-order chi connectivity index (χ1) is 16.4. The van der Waals surface area contributed by atoms with E-state index in [9.17, 15) is 30.3 Å². The van der Waals surface area contributed by atoms with Crippen LogP contribution in [0.3, 0.4) is 0 Å². The number of carbonyl (C=O) groups excluding carboxylic acids is 1. The van der Waals surface area contributed by atoms with Crippen molar-refractivity contribution in [3.05, 3.63) is 0 Å². The quantitative estimate of drug-likeness (QED) is 0.141. The lowest BCUT2D eigenvalue weighted by Crippen LogP contribution is -2.59. The summed E-state index contributed by atoms with van der Waals surface area (Å²) in [6.45, 7) is 1.18. The highest BCUT2D eigenvalue weighted by Gasteiger charge is 2.44. The van der Waals surface area contributed by atoms with E-state index >= 15 is 0 Å². The zero-order chi connectivity index (χ0) is 25.2. The molecule has 0 saturated carbocycles. The van der Waals surface area contributed by atoms with Crippen LogP contribution in [0.1, 0.15) is 96.8 Å². The zero-order valence-corrected chi connectivity index (χ0v) is 20.9. The Morgan fingerprint density at radius 3 is 1.85 bits per heavy atom. The van der Waals surface area contributed by atoms with Crippen LogP contribution < -0.4 is 5.32 Å². The van der Waals surface area contributed by atoms with Crippen molar-refractivity contribution in [2.45, 2.75) is 134 Å². The molecular formula is C25H49NO8. The first-order valence-electron chi connectivity index (χ1n) is 13.3. The molecule has 6 N–H and O–H groups in total. The highest BCUT2D eigenvalue weighted by molar-refractivity contribution is 5.76. The van der Waals surface area contributed by atoms with E-state index in [1.165, 1.54) is 64.2 Å². The maximum atomic E-state index is 12.2. The summed E-state index contributed by atoms with van der Waals surface area (Å²) in [7, 11) is 0. The van der Waals surface area contributed by atoms with Crippen LogP contribution in [-0.4, -0.2) is 88.0 Å². The van der Waals surface area contributed by atoms with Crippen LogP contribution in [0.4, 0.5) is 0 Å². The number of carbonyl (C=O) groups is 1. The molecule has 1 saturated heterocycles. The van der Waals surface area contributed by atoms with Crippen molar-refractivity contribution in [1.82, 2.24) is 5.32 Å². The Bertz CT molecular complexity index is 507. The van der Waals surface area contributed by atoms with Crippen molar-refractivity contribution in [2.24, 2.45) is 0 Å². The molecule has 34 heavy (non-hydrogen) atoms. The van der Waals surface area contributed by atoms with E-state index in [4.69, 9.17) is 9.47 Å². The summed E-state index contributed by atoms with van der Waals surface area (Å²) < 4.78 is 10.6. The average molecular weight is 492 g/mol. The standard InChI is InChI=1S/C25H49NO8/c1-2-3-4-5-6-7-8-9-10-11-12-13-14-15-21(29)26-19(16-27)18-33-25-24(32)23(31)22(30)20(17-28)34-25/h19-20,22-25,27-28,30-32H,2-18H2,1H3,(H,26,29)/t19-,20+,22-,23-,24+,25-/m0/s1. The van der Waals surface area contributed by atoms with Gasteiger partial charge in [-0.25, -0.2) is 0 Å². The fourth-order valence-electron chi connectivity index (χ4n) is 4.16. The van der Waals surface area contributed by atoms with E-state index in [2.05, 4.69) is 12.2 Å². The van der Waals surface area contributed by atoms with E-state index in [-0.39, 0.29) is 19.1 Å². The maximum absolute atomic E-state index is 12.2. The fourth-order valence-corrected chi connectivity index (χ4v) is 4.16. The minimum Gasteiger partial charge on any atom is -0.394 e. The molecule has 1 aliphatic rings. The largest absolute Gasteiger partial charge is 0.394 e. The first-order valence-corrected chi connectivity index (χ1v) is 13.3. The van der Waals surface area contributed by atoms with Crippen LogP contribution in [0.15, 0.2) is 0 Å². The topological polar surface area (TPSA) is 149 Å². The summed E-state index contributed by atoms with van der Waals surface area (Å²) in [5.41, 5.74) is 0. The minimum atomic E-state index is -1.53. The molecule has 0 aromatic rings. The first kappa shape index (κ1) is 31.2. The predicted molar refractivity (Wildman–Crippen MR) is 129 cm³/mol. The number of amides is 1. The van der Waals surface area contributed by atoms with Crippen molar-refractivity contribution in [2.75, 3.05) is 19.8 Å². The van der Waals surface area contributed by atoms with Crippen molar-refractivity contribution < 1.29 is 39.8 Å². The van der Waals surface area contributed by atoms with Gasteiger partial charge in [0.15, 0.2) is 6.29 Å². The smallest absolute Gasteiger partial charge is 0.220 e. The molecular weight excluding hydrogens is 442 g/mol. The molecule has 1 fully saturated rings. The molecule has 1 aliphatic heterocycles. The molecule has 1 heterocycles. The SMILES string of the molecule is CCCCCCCCCCCCCCCC(=O)N[C@@H](CO)CO[C@H]1O[C@H](CO)[C@H](O)[C@H](O)[C@H]1O. The molecule has 0 unspecified atom stereocenters. The molecule has 0 radical (unpaired) electrons. The maximum Gasteiger partial charge on any atom is 0.220 e. The second-order valence-electron chi connectivity index (χ2n) is 9.47. The van der Waals surface area contributed by atoms with Gasteiger partial charge in [-0.2, -0.15) is 0 Å². The van der Waals surface area contributed by atoms with Gasteiger partial charge in [-0.1, -0.05) is 84.0 Å². The molecule has 0 spiro atoms. The number of unbranched alkanes of at least 4 members (excludes halogenated alkanes) is 12. The molecule has 0 aromatic heterocycles. The molecule has 9 nitrogen and oxygen atoms in total. The van der Waals surface area contributed by atoms with E-state index < -0.39 is 43.4 Å². The number of hydrogen-bond donors (Lipinski definition) is 6. The molecule has 202 valence electrons. The van der Waals surface area contributed by atoms with Crippen molar-refractivity contribution in [3.63, 3.8) is 0 Å². The van der Waals surface area contributed by atoms with Gasteiger partial charge < -0.3 is 40.3 Å². The monoisotopic (exact) mass is 491 g/mol. The average Bonchev–Trinajstić information content (AvgIpc) is 2.84. The van der Waals surface area contributed by atoms with Gasteiger partial charge in [-0.05, 0) is 6.42 Å². The van der Waals surface area contributed by atoms with Crippen molar-refractivity contribution in [1.29, 1.82) is 0 Å². The summed E-state index contributed by atoms with van der Waals surface area (Å²) in [4.78, 5) is 12.2. The molecule has 1 amide bonds. The summed E-state index contributed by atoms with van der Waals surface area (Å²) >= 11 is 0. The number of nitrogens with one attached hydrogen (secondary N) is 1. The van der Waals surface area contributed by atoms with E-state index in [1.807, 2.05) is 0 Å². The van der Waals surface area contributed by atoms with Crippen LogP contribution in [-0.2, 0) is 14.3 Å². The van der Waals surface area contributed by atoms with E-state index in [1.54, 1.807) is 0 Å². The van der Waals surface area contributed by atoms with Gasteiger partial charge in [0.2, 0.25) is 5.91 Å². The Kier molecular flexibility index (Phi) is 17.8. The Morgan fingerprint density at radius 1 is 0.824 bits per heavy atom. The lowest BCUT2D eigenvalue weighted by Gasteiger charge is -2.39. The third-order valence-corrected chi connectivity index (χ3v) is 6.40. The Morgan fingerprint density at radius 2 is 1.35 bits per heavy atom. The summed E-state index contributed by atoms with van der Waals surface area (Å²) in [5, 5.41) is 51.0. The second-order valence-corrected chi connectivity index (χ2v) is 9.47. The number of hydrogen-bond acceptors (Lipinski definition) is 8. The van der Waals surface area contributed by atoms with E-state index in [0.717, 1.165) is 19.3 Å². The molecule has 0 aromatic carbocycles. The van der Waals surface area contributed by atoms with Gasteiger partial charge >= 0.3 is 0 Å². The zero-order valence-electron chi connectivity index (χ0n) is 20.9. The molecule has 9 heteroatoms. The molecule has 0 bridgehead atoms.